The number of amides is 1. The normalized spacial score (nSPS) is 11.2. The predicted molar refractivity (Wildman–Crippen MR) is 149 cm³/mol. The van der Waals surface area contributed by atoms with Crippen molar-refractivity contribution in [2.24, 2.45) is 0 Å². The molecular formula is C26H18Cl2N4O5S2. The second-order valence-corrected chi connectivity index (χ2v) is 11.4. The number of halogens is 2. The Morgan fingerprint density at radius 2 is 1.79 bits per heavy atom. The highest BCUT2D eigenvalue weighted by Gasteiger charge is 2.20. The Kier molecular flexibility index (Phi) is 7.84. The first-order valence-electron chi connectivity index (χ1n) is 11.3. The fraction of sp³-hybridized carbons (Fsp3) is 0.0385. The Bertz CT molecular complexity index is 1720. The molecule has 2 N–H and O–H groups in total. The number of para-hydroxylation sites is 1. The summed E-state index contributed by atoms with van der Waals surface area (Å²) >= 11 is 13.7. The third-order valence-electron chi connectivity index (χ3n) is 5.28. The minimum absolute atomic E-state index is 0.0201. The number of rotatable bonds is 9. The number of nitrogens with one attached hydrogen (secondary N) is 2. The van der Waals surface area contributed by atoms with Crippen LogP contribution in [0.5, 0.6) is 11.5 Å². The highest BCUT2D eigenvalue weighted by molar-refractivity contribution is 7.92. The number of aromatic nitrogens is 2. The average molecular weight is 601 g/mol. The lowest BCUT2D eigenvalue weighted by Gasteiger charge is -2.13. The molecule has 0 bridgehead atoms. The molecule has 0 aliphatic carbocycles. The fourth-order valence-corrected chi connectivity index (χ4v) is 5.49. The van der Waals surface area contributed by atoms with Gasteiger partial charge in [0.05, 0.1) is 32.6 Å². The lowest BCUT2D eigenvalue weighted by atomic mass is 10.1. The van der Waals surface area contributed by atoms with Crippen LogP contribution in [0.3, 0.4) is 0 Å². The maximum absolute atomic E-state index is 13.1. The summed E-state index contributed by atoms with van der Waals surface area (Å²) in [7, 11) is -4.06. The van der Waals surface area contributed by atoms with Gasteiger partial charge in [-0.25, -0.2) is 8.42 Å². The van der Waals surface area contributed by atoms with Crippen LogP contribution in [0.2, 0.25) is 10.0 Å². The maximum Gasteiger partial charge on any atom is 0.268 e. The second kappa shape index (κ2) is 11.5. The molecule has 0 saturated heterocycles. The topological polar surface area (TPSA) is 123 Å². The van der Waals surface area contributed by atoms with E-state index in [1.807, 2.05) is 17.5 Å². The Labute approximate surface area is 237 Å². The summed E-state index contributed by atoms with van der Waals surface area (Å²) in [6.45, 7) is -0.0424. The van der Waals surface area contributed by atoms with Crippen molar-refractivity contribution in [1.82, 2.24) is 15.5 Å². The molecular weight excluding hydrogens is 583 g/mol. The van der Waals surface area contributed by atoms with Gasteiger partial charge in [0.15, 0.2) is 5.82 Å². The lowest BCUT2D eigenvalue weighted by molar-refractivity contribution is 0.0950. The van der Waals surface area contributed by atoms with Crippen molar-refractivity contribution in [1.29, 1.82) is 0 Å². The maximum atomic E-state index is 13.1. The zero-order chi connectivity index (χ0) is 27.4. The van der Waals surface area contributed by atoms with E-state index in [0.717, 1.165) is 4.88 Å². The van der Waals surface area contributed by atoms with Gasteiger partial charge in [0.25, 0.3) is 21.8 Å². The first kappa shape index (κ1) is 26.7. The van der Waals surface area contributed by atoms with Gasteiger partial charge in [0.1, 0.15) is 11.5 Å². The zero-order valence-electron chi connectivity index (χ0n) is 19.8. The molecule has 13 heteroatoms. The van der Waals surface area contributed by atoms with E-state index in [1.165, 1.54) is 53.8 Å². The van der Waals surface area contributed by atoms with Crippen LogP contribution < -0.4 is 14.8 Å². The number of ether oxygens (including phenoxy) is 1. The molecule has 0 radical (unpaired) electrons. The SMILES string of the molecule is O=C(NCc1noc(-c2cccs2)n1)c1cc(Cl)ccc1NS(=O)(=O)c1ccc(Oc2ccccc2Cl)cc1. The second-order valence-electron chi connectivity index (χ2n) is 7.98. The molecule has 39 heavy (non-hydrogen) atoms. The molecule has 0 unspecified atom stereocenters. The van der Waals surface area contributed by atoms with Crippen LogP contribution >= 0.6 is 34.5 Å². The Morgan fingerprint density at radius 1 is 1.00 bits per heavy atom. The number of nitrogens with zero attached hydrogens (tertiary/aromatic N) is 2. The van der Waals surface area contributed by atoms with Gasteiger partial charge in [-0.2, -0.15) is 4.98 Å². The molecule has 2 aromatic heterocycles. The summed E-state index contributed by atoms with van der Waals surface area (Å²) in [6, 6.07) is 20.6. The van der Waals surface area contributed by atoms with Crippen molar-refractivity contribution in [2.45, 2.75) is 11.4 Å². The van der Waals surface area contributed by atoms with Crippen LogP contribution in [0.4, 0.5) is 5.69 Å². The summed E-state index contributed by atoms with van der Waals surface area (Å²) in [4.78, 5) is 18.0. The summed E-state index contributed by atoms with van der Waals surface area (Å²) in [6.07, 6.45) is 0. The monoisotopic (exact) mass is 600 g/mol. The molecule has 0 spiro atoms. The van der Waals surface area contributed by atoms with Crippen LogP contribution in [0, 0.1) is 0 Å². The molecule has 198 valence electrons. The molecule has 5 rings (SSSR count). The van der Waals surface area contributed by atoms with E-state index in [-0.39, 0.29) is 33.5 Å². The minimum Gasteiger partial charge on any atom is -0.456 e. The van der Waals surface area contributed by atoms with Crippen molar-refractivity contribution < 1.29 is 22.5 Å². The van der Waals surface area contributed by atoms with Crippen LogP contribution in [0.1, 0.15) is 16.2 Å². The van der Waals surface area contributed by atoms with E-state index < -0.39 is 15.9 Å². The first-order valence-corrected chi connectivity index (χ1v) is 14.4. The lowest BCUT2D eigenvalue weighted by Crippen LogP contribution is -2.25. The minimum atomic E-state index is -4.06. The number of sulfonamides is 1. The van der Waals surface area contributed by atoms with Crippen molar-refractivity contribution in [3.8, 4) is 22.3 Å². The molecule has 0 fully saturated rings. The van der Waals surface area contributed by atoms with Gasteiger partial charge in [-0.05, 0) is 66.0 Å². The van der Waals surface area contributed by atoms with E-state index in [2.05, 4.69) is 20.2 Å². The highest BCUT2D eigenvalue weighted by atomic mass is 35.5. The van der Waals surface area contributed by atoms with Crippen LogP contribution in [-0.2, 0) is 16.6 Å². The molecule has 0 atom stereocenters. The molecule has 5 aromatic rings. The number of benzene rings is 3. The van der Waals surface area contributed by atoms with Gasteiger partial charge in [-0.1, -0.05) is 46.6 Å². The van der Waals surface area contributed by atoms with Gasteiger partial charge in [0.2, 0.25) is 0 Å². The molecule has 1 amide bonds. The van der Waals surface area contributed by atoms with E-state index in [4.69, 9.17) is 32.5 Å². The number of thiophene rings is 1. The van der Waals surface area contributed by atoms with Crippen LogP contribution in [0.25, 0.3) is 10.8 Å². The van der Waals surface area contributed by atoms with Gasteiger partial charge in [0, 0.05) is 5.02 Å². The van der Waals surface area contributed by atoms with Gasteiger partial charge >= 0.3 is 0 Å². The summed E-state index contributed by atoms with van der Waals surface area (Å²) < 4.78 is 39.6. The number of carbonyl (C=O) groups excluding carboxylic acids is 1. The third-order valence-corrected chi connectivity index (χ3v) is 8.06. The Hall–Kier alpha value is -3.90. The standard InChI is InChI=1S/C26H18Cl2N4O5S2/c27-16-7-12-21(19(14-16)25(33)29-15-24-30-26(37-31-24)23-6-3-13-38-23)32-39(34,35)18-10-8-17(9-11-18)36-22-5-2-1-4-20(22)28/h1-14,32H,15H2,(H,29,33). The smallest absolute Gasteiger partial charge is 0.268 e. The predicted octanol–water partition coefficient (Wildman–Crippen LogP) is 6.63. The fourth-order valence-electron chi connectivity index (χ4n) is 3.42. The van der Waals surface area contributed by atoms with Crippen molar-refractivity contribution in [3.05, 3.63) is 106 Å². The number of hydrogen-bond acceptors (Lipinski definition) is 8. The quantitative estimate of drug-likeness (QED) is 0.194. The summed E-state index contributed by atoms with van der Waals surface area (Å²) in [5, 5.41) is 9.08. The molecule has 0 aliphatic heterocycles. The van der Waals surface area contributed by atoms with Gasteiger partial charge < -0.3 is 14.6 Å². The van der Waals surface area contributed by atoms with Gasteiger partial charge in [-0.3, -0.25) is 9.52 Å². The molecule has 0 saturated carbocycles. The Morgan fingerprint density at radius 3 is 2.54 bits per heavy atom. The largest absolute Gasteiger partial charge is 0.456 e. The zero-order valence-corrected chi connectivity index (χ0v) is 22.9. The van der Waals surface area contributed by atoms with Crippen molar-refractivity contribution in [2.75, 3.05) is 4.72 Å². The molecule has 9 nitrogen and oxygen atoms in total. The molecule has 2 heterocycles. The number of carbonyl (C=O) groups is 1. The van der Waals surface area contributed by atoms with Crippen LogP contribution in [-0.4, -0.2) is 24.5 Å². The van der Waals surface area contributed by atoms with Crippen LogP contribution in [0.15, 0.2) is 93.7 Å². The van der Waals surface area contributed by atoms with E-state index in [0.29, 0.717) is 22.4 Å². The highest BCUT2D eigenvalue weighted by Crippen LogP contribution is 2.30. The van der Waals surface area contributed by atoms with E-state index >= 15 is 0 Å². The number of hydrogen-bond donors (Lipinski definition) is 2. The molecule has 3 aromatic carbocycles. The van der Waals surface area contributed by atoms with E-state index in [9.17, 15) is 13.2 Å². The third kappa shape index (κ3) is 6.40. The number of anilines is 1. The van der Waals surface area contributed by atoms with Crippen molar-refractivity contribution in [3.63, 3.8) is 0 Å². The van der Waals surface area contributed by atoms with E-state index in [1.54, 1.807) is 24.3 Å². The average Bonchev–Trinajstić information content (AvgIpc) is 3.62. The van der Waals surface area contributed by atoms with Crippen molar-refractivity contribution >= 4 is 56.2 Å². The summed E-state index contributed by atoms with van der Waals surface area (Å²) in [5.41, 5.74) is 0.0624. The summed E-state index contributed by atoms with van der Waals surface area (Å²) in [5.74, 6) is 0.857. The molecule has 0 aliphatic rings. The van der Waals surface area contributed by atoms with Gasteiger partial charge in [-0.15, -0.1) is 11.3 Å². The Balaban J connectivity index is 1.29. The first-order chi connectivity index (χ1) is 18.8.